The van der Waals surface area contributed by atoms with E-state index in [2.05, 4.69) is 0 Å². The van der Waals surface area contributed by atoms with Crippen LogP contribution in [0.4, 0.5) is 0 Å². The van der Waals surface area contributed by atoms with Gasteiger partial charge in [-0.25, -0.2) is 0 Å². The highest BCUT2D eigenvalue weighted by Gasteiger charge is 2.09. The van der Waals surface area contributed by atoms with Crippen molar-refractivity contribution in [1.29, 1.82) is 0 Å². The largest absolute Gasteiger partial charge is 0.489 e. The lowest BCUT2D eigenvalue weighted by Gasteiger charge is -2.10. The van der Waals surface area contributed by atoms with E-state index in [0.29, 0.717) is 17.1 Å². The molecule has 0 saturated heterocycles. The Morgan fingerprint density at radius 1 is 1.11 bits per heavy atom. The first-order valence-corrected chi connectivity index (χ1v) is 6.28. The second-order valence-electron chi connectivity index (χ2n) is 4.31. The van der Waals surface area contributed by atoms with Gasteiger partial charge < -0.3 is 14.8 Å². The molecule has 0 heterocycles. The third-order valence-electron chi connectivity index (χ3n) is 2.81. The summed E-state index contributed by atoms with van der Waals surface area (Å²) in [5.74, 6) is 0.788. The van der Waals surface area contributed by atoms with Crippen LogP contribution in [-0.2, 0) is 6.61 Å². The third-order valence-corrected chi connectivity index (χ3v) is 3.04. The molecule has 19 heavy (non-hydrogen) atoms. The monoisotopic (exact) mass is 276 g/mol. The quantitative estimate of drug-likeness (QED) is 0.839. The molecule has 0 aliphatic carbocycles. The molecule has 0 aromatic heterocycles. The van der Waals surface area contributed by atoms with Crippen LogP contribution in [0, 0.1) is 6.92 Å². The summed E-state index contributed by atoms with van der Waals surface area (Å²) in [6, 6.07) is 12.4. The number of ether oxygens (including phenoxy) is 1. The van der Waals surface area contributed by atoms with Crippen LogP contribution in [0.3, 0.4) is 0 Å². The maximum Gasteiger partial charge on any atom is 0.488 e. The average Bonchev–Trinajstić information content (AvgIpc) is 2.38. The molecule has 0 unspecified atom stereocenters. The molecule has 0 saturated carbocycles. The summed E-state index contributed by atoms with van der Waals surface area (Å²) in [5, 5.41) is 18.7. The van der Waals surface area contributed by atoms with Gasteiger partial charge in [-0.1, -0.05) is 35.9 Å². The molecule has 98 valence electrons. The Morgan fingerprint density at radius 2 is 1.79 bits per heavy atom. The van der Waals surface area contributed by atoms with Gasteiger partial charge in [0.15, 0.2) is 0 Å². The summed E-state index contributed by atoms with van der Waals surface area (Å²) in [5.41, 5.74) is 2.40. The first-order valence-electron chi connectivity index (χ1n) is 5.90. The van der Waals surface area contributed by atoms with Crippen molar-refractivity contribution in [3.8, 4) is 5.75 Å². The molecule has 2 N–H and O–H groups in total. The lowest BCUT2D eigenvalue weighted by molar-refractivity contribution is 0.304. The predicted octanol–water partition coefficient (Wildman–Crippen LogP) is 1.91. The molecule has 0 bridgehead atoms. The van der Waals surface area contributed by atoms with E-state index in [0.717, 1.165) is 16.9 Å². The maximum absolute atomic E-state index is 9.00. The van der Waals surface area contributed by atoms with Gasteiger partial charge in [0, 0.05) is 5.02 Å². The Labute approximate surface area is 117 Å². The van der Waals surface area contributed by atoms with E-state index in [9.17, 15) is 0 Å². The minimum atomic E-state index is -1.44. The van der Waals surface area contributed by atoms with E-state index in [1.807, 2.05) is 19.1 Å². The Hall–Kier alpha value is -1.49. The molecule has 0 atom stereocenters. The minimum Gasteiger partial charge on any atom is -0.489 e. The van der Waals surface area contributed by atoms with Gasteiger partial charge in [0.05, 0.1) is 0 Å². The number of halogens is 1. The van der Waals surface area contributed by atoms with Gasteiger partial charge in [0.1, 0.15) is 12.4 Å². The number of aryl methyl sites for hydroxylation is 1. The Kier molecular flexibility index (Phi) is 4.48. The zero-order chi connectivity index (χ0) is 13.8. The lowest BCUT2D eigenvalue weighted by Crippen LogP contribution is -2.29. The highest BCUT2D eigenvalue weighted by Crippen LogP contribution is 2.22. The summed E-state index contributed by atoms with van der Waals surface area (Å²) in [6.07, 6.45) is 0. The molecule has 5 heteroatoms. The van der Waals surface area contributed by atoms with Crippen molar-refractivity contribution < 1.29 is 14.8 Å². The minimum absolute atomic E-state index is 0.421. The van der Waals surface area contributed by atoms with Gasteiger partial charge >= 0.3 is 7.12 Å². The molecule has 2 aromatic rings. The van der Waals surface area contributed by atoms with E-state index >= 15 is 0 Å². The first kappa shape index (κ1) is 13.9. The number of hydrogen-bond donors (Lipinski definition) is 2. The van der Waals surface area contributed by atoms with E-state index < -0.39 is 7.12 Å². The van der Waals surface area contributed by atoms with Gasteiger partial charge in [-0.15, -0.1) is 0 Å². The van der Waals surface area contributed by atoms with E-state index in [-0.39, 0.29) is 0 Å². The smallest absolute Gasteiger partial charge is 0.488 e. The molecule has 2 rings (SSSR count). The van der Waals surface area contributed by atoms with E-state index in [1.165, 1.54) is 0 Å². The van der Waals surface area contributed by atoms with Crippen LogP contribution in [0.2, 0.25) is 5.02 Å². The van der Waals surface area contributed by atoms with Crippen molar-refractivity contribution >= 4 is 24.2 Å². The Bertz CT molecular complexity index is 555. The molecule has 0 fully saturated rings. The molecule has 2 aromatic carbocycles. The predicted molar refractivity (Wildman–Crippen MR) is 76.8 cm³/mol. The van der Waals surface area contributed by atoms with Gasteiger partial charge in [0.25, 0.3) is 0 Å². The normalized spacial score (nSPS) is 10.3. The van der Waals surface area contributed by atoms with Gasteiger partial charge in [0.2, 0.25) is 0 Å². The van der Waals surface area contributed by atoms with Crippen molar-refractivity contribution in [2.45, 2.75) is 13.5 Å². The van der Waals surface area contributed by atoms with E-state index in [4.69, 9.17) is 26.4 Å². The molecule has 0 amide bonds. The first-order chi connectivity index (χ1) is 9.06. The van der Waals surface area contributed by atoms with Crippen molar-refractivity contribution in [2.75, 3.05) is 0 Å². The molecule has 3 nitrogen and oxygen atoms in total. The Balaban J connectivity index is 2.02. The second-order valence-corrected chi connectivity index (χ2v) is 4.75. The van der Waals surface area contributed by atoms with Crippen molar-refractivity contribution in [2.24, 2.45) is 0 Å². The van der Waals surface area contributed by atoms with Crippen LogP contribution in [0.15, 0.2) is 42.5 Å². The Morgan fingerprint density at radius 3 is 2.37 bits per heavy atom. The van der Waals surface area contributed by atoms with Crippen LogP contribution in [-0.4, -0.2) is 17.2 Å². The fourth-order valence-electron chi connectivity index (χ4n) is 1.72. The van der Waals surface area contributed by atoms with Crippen molar-refractivity contribution in [1.82, 2.24) is 0 Å². The third kappa shape index (κ3) is 3.74. The fourth-order valence-corrected chi connectivity index (χ4v) is 1.95. The number of rotatable bonds is 4. The van der Waals surface area contributed by atoms with Crippen LogP contribution in [0.1, 0.15) is 11.1 Å². The van der Waals surface area contributed by atoms with Crippen molar-refractivity contribution in [3.05, 3.63) is 58.6 Å². The summed E-state index contributed by atoms with van der Waals surface area (Å²) in [4.78, 5) is 0. The highest BCUT2D eigenvalue weighted by molar-refractivity contribution is 6.58. The van der Waals surface area contributed by atoms with Crippen LogP contribution in [0.5, 0.6) is 5.75 Å². The number of hydrogen-bond acceptors (Lipinski definition) is 3. The molecule has 0 aliphatic rings. The fraction of sp³-hybridized carbons (Fsp3) is 0.143. The molecule has 0 aliphatic heterocycles. The summed E-state index contributed by atoms with van der Waals surface area (Å²) in [6.45, 7) is 2.36. The number of benzene rings is 2. The average molecular weight is 277 g/mol. The lowest BCUT2D eigenvalue weighted by atomic mass is 9.80. The van der Waals surface area contributed by atoms with Crippen molar-refractivity contribution in [3.63, 3.8) is 0 Å². The summed E-state index contributed by atoms with van der Waals surface area (Å²) in [7, 11) is -1.44. The van der Waals surface area contributed by atoms with Crippen LogP contribution < -0.4 is 10.2 Å². The molecular formula is C14H14BClO3. The van der Waals surface area contributed by atoms with E-state index in [1.54, 1.807) is 30.3 Å². The van der Waals surface area contributed by atoms with Crippen LogP contribution >= 0.6 is 11.6 Å². The molecular weight excluding hydrogens is 262 g/mol. The van der Waals surface area contributed by atoms with Gasteiger partial charge in [-0.2, -0.15) is 0 Å². The summed E-state index contributed by atoms with van der Waals surface area (Å²) < 4.78 is 5.69. The highest BCUT2D eigenvalue weighted by atomic mass is 35.5. The maximum atomic E-state index is 9.00. The van der Waals surface area contributed by atoms with Gasteiger partial charge in [-0.3, -0.25) is 0 Å². The zero-order valence-electron chi connectivity index (χ0n) is 10.5. The van der Waals surface area contributed by atoms with Gasteiger partial charge in [-0.05, 0) is 41.7 Å². The SMILES string of the molecule is Cc1cc(Cl)ccc1OCc1ccc(B(O)O)cc1. The topological polar surface area (TPSA) is 49.7 Å². The van der Waals surface area contributed by atoms with Crippen LogP contribution in [0.25, 0.3) is 0 Å². The standard InChI is InChI=1S/C14H14BClO3/c1-10-8-13(16)6-7-14(10)19-9-11-2-4-12(5-3-11)15(17)18/h2-8,17-18H,9H2,1H3. The zero-order valence-corrected chi connectivity index (χ0v) is 11.3. The second kappa shape index (κ2) is 6.11. The summed E-state index contributed by atoms with van der Waals surface area (Å²) >= 11 is 5.88. The molecule has 0 radical (unpaired) electrons. The molecule has 0 spiro atoms.